The van der Waals surface area contributed by atoms with Crippen LogP contribution >= 0.6 is 0 Å². The first-order chi connectivity index (χ1) is 8.29. The molecule has 5 nitrogen and oxygen atoms in total. The van der Waals surface area contributed by atoms with Gasteiger partial charge in [-0.3, -0.25) is 9.78 Å². The summed E-state index contributed by atoms with van der Waals surface area (Å²) in [6.45, 7) is 0.989. The molecule has 0 aromatic carbocycles. The third-order valence-electron chi connectivity index (χ3n) is 2.88. The number of rotatable bonds is 4. The highest BCUT2D eigenvalue weighted by Crippen LogP contribution is 2.18. The lowest BCUT2D eigenvalue weighted by Crippen LogP contribution is -2.35. The zero-order chi connectivity index (χ0) is 12.1. The van der Waals surface area contributed by atoms with Gasteiger partial charge in [0.15, 0.2) is 0 Å². The Morgan fingerprint density at radius 2 is 2.24 bits per heavy atom. The van der Waals surface area contributed by atoms with Gasteiger partial charge in [-0.2, -0.15) is 0 Å². The van der Waals surface area contributed by atoms with Gasteiger partial charge in [0, 0.05) is 25.5 Å². The van der Waals surface area contributed by atoms with Crippen molar-refractivity contribution < 1.29 is 9.53 Å². The number of hydrogen-bond donors (Lipinski definition) is 2. The predicted molar refractivity (Wildman–Crippen MR) is 63.0 cm³/mol. The van der Waals surface area contributed by atoms with Crippen molar-refractivity contribution in [2.24, 2.45) is 5.73 Å². The van der Waals surface area contributed by atoms with Gasteiger partial charge in [-0.05, 0) is 30.5 Å². The molecule has 2 heterocycles. The summed E-state index contributed by atoms with van der Waals surface area (Å²) in [7, 11) is 0. The predicted octanol–water partition coefficient (Wildman–Crippen LogP) is 0.204. The average molecular weight is 235 g/mol. The average Bonchev–Trinajstić information content (AvgIpc) is 2.86. The molecular weight excluding hydrogens is 218 g/mol. The Balaban J connectivity index is 1.78. The van der Waals surface area contributed by atoms with E-state index in [9.17, 15) is 4.79 Å². The summed E-state index contributed by atoms with van der Waals surface area (Å²) in [6.07, 6.45) is 4.72. The van der Waals surface area contributed by atoms with Gasteiger partial charge in [0.1, 0.15) is 6.10 Å². The van der Waals surface area contributed by atoms with E-state index in [4.69, 9.17) is 10.5 Å². The van der Waals surface area contributed by atoms with Crippen LogP contribution in [0, 0.1) is 0 Å². The number of aromatic nitrogens is 1. The minimum absolute atomic E-state index is 0.0340. The van der Waals surface area contributed by atoms with Crippen LogP contribution in [-0.4, -0.2) is 29.6 Å². The number of carbonyl (C=O) groups excluding carboxylic acids is 1. The van der Waals surface area contributed by atoms with Gasteiger partial charge in [0.2, 0.25) is 5.91 Å². The van der Waals surface area contributed by atoms with Gasteiger partial charge in [0.05, 0.1) is 6.10 Å². The van der Waals surface area contributed by atoms with Crippen LogP contribution in [0.1, 0.15) is 18.4 Å². The summed E-state index contributed by atoms with van der Waals surface area (Å²) in [5.74, 6) is -0.0576. The summed E-state index contributed by atoms with van der Waals surface area (Å²) in [5.41, 5.74) is 6.53. The molecule has 0 spiro atoms. The van der Waals surface area contributed by atoms with Crippen molar-refractivity contribution in [2.75, 3.05) is 6.54 Å². The topological polar surface area (TPSA) is 77.2 Å². The SMILES string of the molecule is NC[C@H]1CC[C@@H](C(=O)NCc2ccncc2)O1. The number of nitrogens with one attached hydrogen (secondary N) is 1. The third-order valence-corrected chi connectivity index (χ3v) is 2.88. The van der Waals surface area contributed by atoms with Crippen molar-refractivity contribution >= 4 is 5.91 Å². The van der Waals surface area contributed by atoms with E-state index >= 15 is 0 Å². The number of hydrogen-bond acceptors (Lipinski definition) is 4. The Bertz CT molecular complexity index is 369. The number of amides is 1. The summed E-state index contributed by atoms with van der Waals surface area (Å²) < 4.78 is 5.51. The molecule has 0 saturated carbocycles. The van der Waals surface area contributed by atoms with Crippen molar-refractivity contribution in [3.05, 3.63) is 30.1 Å². The Hall–Kier alpha value is -1.46. The van der Waals surface area contributed by atoms with Gasteiger partial charge < -0.3 is 15.8 Å². The molecule has 1 fully saturated rings. The van der Waals surface area contributed by atoms with Crippen LogP contribution in [0.3, 0.4) is 0 Å². The molecule has 0 aliphatic carbocycles. The normalized spacial score (nSPS) is 23.6. The first-order valence-electron chi connectivity index (χ1n) is 5.81. The number of nitrogens with zero attached hydrogens (tertiary/aromatic N) is 1. The van der Waals surface area contributed by atoms with Crippen LogP contribution in [-0.2, 0) is 16.1 Å². The van der Waals surface area contributed by atoms with Gasteiger partial charge in [-0.1, -0.05) is 0 Å². The van der Waals surface area contributed by atoms with Crippen LogP contribution < -0.4 is 11.1 Å². The highest BCUT2D eigenvalue weighted by atomic mass is 16.5. The highest BCUT2D eigenvalue weighted by molar-refractivity contribution is 5.80. The molecule has 92 valence electrons. The number of ether oxygens (including phenoxy) is 1. The second-order valence-electron chi connectivity index (χ2n) is 4.13. The molecular formula is C12H17N3O2. The summed E-state index contributed by atoms with van der Waals surface area (Å²) >= 11 is 0. The van der Waals surface area contributed by atoms with Crippen molar-refractivity contribution in [2.45, 2.75) is 31.6 Å². The number of pyridine rings is 1. The molecule has 1 amide bonds. The van der Waals surface area contributed by atoms with Crippen molar-refractivity contribution in [1.82, 2.24) is 10.3 Å². The zero-order valence-electron chi connectivity index (χ0n) is 9.63. The minimum Gasteiger partial charge on any atom is -0.364 e. The number of nitrogens with two attached hydrogens (primary N) is 1. The monoisotopic (exact) mass is 235 g/mol. The molecule has 5 heteroatoms. The van der Waals surface area contributed by atoms with Crippen LogP contribution in [0.2, 0.25) is 0 Å². The van der Waals surface area contributed by atoms with E-state index in [0.717, 1.165) is 18.4 Å². The van der Waals surface area contributed by atoms with E-state index in [1.165, 1.54) is 0 Å². The van der Waals surface area contributed by atoms with E-state index in [1.807, 2.05) is 12.1 Å². The summed E-state index contributed by atoms with van der Waals surface area (Å²) in [5, 5.41) is 2.85. The lowest BCUT2D eigenvalue weighted by Gasteiger charge is -2.12. The Labute approximate surface area is 100 Å². The number of carbonyl (C=O) groups is 1. The maximum Gasteiger partial charge on any atom is 0.249 e. The smallest absolute Gasteiger partial charge is 0.249 e. The van der Waals surface area contributed by atoms with Crippen LogP contribution in [0.5, 0.6) is 0 Å². The van der Waals surface area contributed by atoms with Gasteiger partial charge in [0.25, 0.3) is 0 Å². The molecule has 0 bridgehead atoms. The summed E-state index contributed by atoms with van der Waals surface area (Å²) in [4.78, 5) is 15.7. The fourth-order valence-electron chi connectivity index (χ4n) is 1.88. The molecule has 1 saturated heterocycles. The quantitative estimate of drug-likeness (QED) is 0.781. The van der Waals surface area contributed by atoms with Crippen molar-refractivity contribution in [3.63, 3.8) is 0 Å². The maximum atomic E-state index is 11.8. The zero-order valence-corrected chi connectivity index (χ0v) is 9.63. The Kier molecular flexibility index (Phi) is 4.06. The second kappa shape index (κ2) is 5.75. The van der Waals surface area contributed by atoms with Gasteiger partial charge in [-0.15, -0.1) is 0 Å². The largest absolute Gasteiger partial charge is 0.364 e. The maximum absolute atomic E-state index is 11.8. The first-order valence-corrected chi connectivity index (χ1v) is 5.81. The molecule has 1 aliphatic rings. The van der Waals surface area contributed by atoms with Crippen LogP contribution in [0.15, 0.2) is 24.5 Å². The molecule has 1 aromatic heterocycles. The molecule has 2 atom stereocenters. The van der Waals surface area contributed by atoms with E-state index in [0.29, 0.717) is 13.1 Å². The Morgan fingerprint density at radius 3 is 2.88 bits per heavy atom. The lowest BCUT2D eigenvalue weighted by molar-refractivity contribution is -0.132. The standard InChI is InChI=1S/C12H17N3O2/c13-7-10-1-2-11(17-10)12(16)15-8-9-3-5-14-6-4-9/h3-6,10-11H,1-2,7-8,13H2,(H,15,16)/t10-,11+/m1/s1. The molecule has 3 N–H and O–H groups in total. The van der Waals surface area contributed by atoms with E-state index in [-0.39, 0.29) is 18.1 Å². The second-order valence-corrected chi connectivity index (χ2v) is 4.13. The van der Waals surface area contributed by atoms with Crippen molar-refractivity contribution in [1.29, 1.82) is 0 Å². The third kappa shape index (κ3) is 3.25. The van der Waals surface area contributed by atoms with Crippen LogP contribution in [0.25, 0.3) is 0 Å². The van der Waals surface area contributed by atoms with E-state index in [1.54, 1.807) is 12.4 Å². The molecule has 1 aromatic rings. The van der Waals surface area contributed by atoms with Gasteiger partial charge in [-0.25, -0.2) is 0 Å². The fourth-order valence-corrected chi connectivity index (χ4v) is 1.88. The molecule has 0 radical (unpaired) electrons. The van der Waals surface area contributed by atoms with Gasteiger partial charge >= 0.3 is 0 Å². The molecule has 17 heavy (non-hydrogen) atoms. The van der Waals surface area contributed by atoms with Crippen LogP contribution in [0.4, 0.5) is 0 Å². The highest BCUT2D eigenvalue weighted by Gasteiger charge is 2.29. The molecule has 2 rings (SSSR count). The lowest BCUT2D eigenvalue weighted by atomic mass is 10.2. The first kappa shape index (κ1) is 12.0. The van der Waals surface area contributed by atoms with E-state index in [2.05, 4.69) is 10.3 Å². The minimum atomic E-state index is -0.342. The van der Waals surface area contributed by atoms with E-state index < -0.39 is 0 Å². The summed E-state index contributed by atoms with van der Waals surface area (Å²) in [6, 6.07) is 3.75. The Morgan fingerprint density at radius 1 is 1.47 bits per heavy atom. The molecule has 1 aliphatic heterocycles. The van der Waals surface area contributed by atoms with Crippen molar-refractivity contribution in [3.8, 4) is 0 Å². The molecule has 0 unspecified atom stereocenters. The fraction of sp³-hybridized carbons (Fsp3) is 0.500.